The van der Waals surface area contributed by atoms with Crippen LogP contribution in [0.5, 0.6) is 5.75 Å². The second-order valence-electron chi connectivity index (χ2n) is 8.49. The predicted octanol–water partition coefficient (Wildman–Crippen LogP) is 2.89. The van der Waals surface area contributed by atoms with Crippen LogP contribution in [0.2, 0.25) is 0 Å². The largest absolute Gasteiger partial charge is 0.496 e. The van der Waals surface area contributed by atoms with Gasteiger partial charge in [0, 0.05) is 25.3 Å². The van der Waals surface area contributed by atoms with E-state index in [1.54, 1.807) is 13.3 Å². The maximum atomic E-state index is 13.0. The molecule has 1 unspecified atom stereocenters. The van der Waals surface area contributed by atoms with Gasteiger partial charge in [0.2, 0.25) is 15.0 Å². The molecule has 0 radical (unpaired) electrons. The summed E-state index contributed by atoms with van der Waals surface area (Å²) in [6, 6.07) is 7.95. The lowest BCUT2D eigenvalue weighted by Gasteiger charge is -2.21. The Labute approximate surface area is 178 Å². The molecule has 1 aromatic carbocycles. The molecule has 30 heavy (non-hydrogen) atoms. The summed E-state index contributed by atoms with van der Waals surface area (Å²) in [6.07, 6.45) is 5.74. The van der Waals surface area contributed by atoms with Crippen molar-refractivity contribution in [3.05, 3.63) is 41.7 Å². The molecular weight excluding hydrogens is 402 g/mol. The Bertz CT molecular complexity index is 963. The molecule has 7 nitrogen and oxygen atoms in total. The molecule has 1 aromatic heterocycles. The second kappa shape index (κ2) is 9.08. The number of benzene rings is 1. The molecule has 8 heteroatoms. The summed E-state index contributed by atoms with van der Waals surface area (Å²) in [5, 5.41) is 0.200. The van der Waals surface area contributed by atoms with Gasteiger partial charge < -0.3 is 14.0 Å². The van der Waals surface area contributed by atoms with E-state index in [9.17, 15) is 8.42 Å². The minimum Gasteiger partial charge on any atom is -0.496 e. The zero-order chi connectivity index (χ0) is 21.1. The van der Waals surface area contributed by atoms with Gasteiger partial charge in [-0.3, -0.25) is 4.90 Å². The third-order valence-electron chi connectivity index (χ3n) is 5.81. The Balaban J connectivity index is 1.55. The second-order valence-corrected chi connectivity index (χ2v) is 10.4. The first-order chi connectivity index (χ1) is 14.5. The van der Waals surface area contributed by atoms with E-state index in [2.05, 4.69) is 9.88 Å². The Morgan fingerprint density at radius 2 is 2.03 bits per heavy atom. The molecule has 2 heterocycles. The summed E-state index contributed by atoms with van der Waals surface area (Å²) in [7, 11) is 0.299. The van der Waals surface area contributed by atoms with Crippen molar-refractivity contribution in [3.8, 4) is 5.75 Å². The molecule has 1 saturated carbocycles. The van der Waals surface area contributed by atoms with Gasteiger partial charge in [-0.2, -0.15) is 0 Å². The fourth-order valence-corrected chi connectivity index (χ4v) is 5.92. The lowest BCUT2D eigenvalue weighted by Crippen LogP contribution is -2.25. The number of rotatable bonds is 10. The van der Waals surface area contributed by atoms with E-state index in [4.69, 9.17) is 9.47 Å². The first-order valence-electron chi connectivity index (χ1n) is 10.7. The standard InChI is InChI=1S/C22H31N3O4S/c1-24(13-18-6-3-4-8-21(18)28-2)14-19-12-23-22(30(26,27)16-17-9-10-17)25(19)15-20-7-5-11-29-20/h3-4,6,8,12,17,20H,5,7,9-11,13-16H2,1-2H3. The molecule has 2 fully saturated rings. The molecule has 1 aliphatic heterocycles. The van der Waals surface area contributed by atoms with Crippen LogP contribution in [0.15, 0.2) is 35.6 Å². The van der Waals surface area contributed by atoms with Gasteiger partial charge in [-0.1, -0.05) is 18.2 Å². The van der Waals surface area contributed by atoms with E-state index in [0.717, 1.165) is 49.3 Å². The molecule has 164 valence electrons. The topological polar surface area (TPSA) is 73.7 Å². The minimum absolute atomic E-state index is 0.0485. The van der Waals surface area contributed by atoms with Gasteiger partial charge in [-0.05, 0) is 44.7 Å². The van der Waals surface area contributed by atoms with Crippen molar-refractivity contribution < 1.29 is 17.9 Å². The van der Waals surface area contributed by atoms with E-state index in [1.807, 2.05) is 35.9 Å². The van der Waals surface area contributed by atoms with Gasteiger partial charge in [-0.15, -0.1) is 0 Å². The summed E-state index contributed by atoms with van der Waals surface area (Å²) >= 11 is 0. The highest BCUT2D eigenvalue weighted by molar-refractivity contribution is 7.91. The molecular formula is C22H31N3O4S. The van der Waals surface area contributed by atoms with E-state index in [1.165, 1.54) is 0 Å². The molecule has 1 atom stereocenters. The van der Waals surface area contributed by atoms with Crippen LogP contribution < -0.4 is 4.74 Å². The number of sulfone groups is 1. The number of hydrogen-bond donors (Lipinski definition) is 0. The quantitative estimate of drug-likeness (QED) is 0.574. The van der Waals surface area contributed by atoms with Gasteiger partial charge in [-0.25, -0.2) is 13.4 Å². The molecule has 1 aliphatic carbocycles. The molecule has 0 spiro atoms. The van der Waals surface area contributed by atoms with Crippen molar-refractivity contribution in [1.82, 2.24) is 14.5 Å². The van der Waals surface area contributed by atoms with Crippen LogP contribution in [0.25, 0.3) is 0 Å². The Kier molecular flexibility index (Phi) is 6.46. The number of nitrogens with zero attached hydrogens (tertiary/aromatic N) is 3. The molecule has 4 rings (SSSR count). The SMILES string of the molecule is COc1ccccc1CN(C)Cc1cnc(S(=O)(=O)CC2CC2)n1CC1CCCO1. The van der Waals surface area contributed by atoms with Gasteiger partial charge in [0.15, 0.2) is 0 Å². The number of ether oxygens (including phenoxy) is 2. The highest BCUT2D eigenvalue weighted by Crippen LogP contribution is 2.32. The number of hydrogen-bond acceptors (Lipinski definition) is 6. The van der Waals surface area contributed by atoms with Crippen LogP contribution in [0.3, 0.4) is 0 Å². The third kappa shape index (κ3) is 5.04. The smallest absolute Gasteiger partial charge is 0.227 e. The Hall–Kier alpha value is -1.90. The summed E-state index contributed by atoms with van der Waals surface area (Å²) < 4.78 is 39.1. The third-order valence-corrected chi connectivity index (χ3v) is 7.60. The monoisotopic (exact) mass is 433 g/mol. The van der Waals surface area contributed by atoms with E-state index in [0.29, 0.717) is 25.6 Å². The fourth-order valence-electron chi connectivity index (χ4n) is 4.08. The maximum absolute atomic E-state index is 13.0. The molecule has 2 aliphatic rings. The van der Waals surface area contributed by atoms with Crippen LogP contribution in [-0.4, -0.2) is 55.5 Å². The zero-order valence-corrected chi connectivity index (χ0v) is 18.6. The first kappa shape index (κ1) is 21.3. The van der Waals surface area contributed by atoms with Crippen LogP contribution in [0.1, 0.15) is 36.9 Å². The van der Waals surface area contributed by atoms with Gasteiger partial charge in [0.25, 0.3) is 0 Å². The lowest BCUT2D eigenvalue weighted by atomic mass is 10.2. The summed E-state index contributed by atoms with van der Waals surface area (Å²) in [4.78, 5) is 6.52. The maximum Gasteiger partial charge on any atom is 0.227 e. The van der Waals surface area contributed by atoms with E-state index >= 15 is 0 Å². The van der Waals surface area contributed by atoms with Crippen LogP contribution >= 0.6 is 0 Å². The average Bonchev–Trinajstić information content (AvgIpc) is 3.20. The van der Waals surface area contributed by atoms with Crippen LogP contribution in [-0.2, 0) is 34.2 Å². The van der Waals surface area contributed by atoms with Crippen molar-refractivity contribution in [2.75, 3.05) is 26.5 Å². The van der Waals surface area contributed by atoms with Crippen molar-refractivity contribution >= 4 is 9.84 Å². The first-order valence-corrected chi connectivity index (χ1v) is 12.3. The summed E-state index contributed by atoms with van der Waals surface area (Å²) in [5.74, 6) is 1.34. The molecule has 1 saturated heterocycles. The number of imidazole rings is 1. The number of aromatic nitrogens is 2. The van der Waals surface area contributed by atoms with Gasteiger partial charge in [0.05, 0.1) is 37.4 Å². The van der Waals surface area contributed by atoms with Crippen LogP contribution in [0, 0.1) is 5.92 Å². The number of para-hydroxylation sites is 1. The van der Waals surface area contributed by atoms with Crippen molar-refractivity contribution in [2.45, 2.75) is 56.6 Å². The normalized spacial score (nSPS) is 19.5. The number of methoxy groups -OCH3 is 1. The lowest BCUT2D eigenvalue weighted by molar-refractivity contribution is 0.0934. The Morgan fingerprint density at radius 3 is 2.73 bits per heavy atom. The summed E-state index contributed by atoms with van der Waals surface area (Å²) in [6.45, 7) is 2.57. The zero-order valence-electron chi connectivity index (χ0n) is 17.8. The van der Waals surface area contributed by atoms with Crippen molar-refractivity contribution in [2.24, 2.45) is 5.92 Å². The summed E-state index contributed by atoms with van der Waals surface area (Å²) in [5.41, 5.74) is 1.99. The van der Waals surface area contributed by atoms with Crippen molar-refractivity contribution in [3.63, 3.8) is 0 Å². The predicted molar refractivity (Wildman–Crippen MR) is 114 cm³/mol. The molecule has 2 aromatic rings. The van der Waals surface area contributed by atoms with Gasteiger partial charge in [0.1, 0.15) is 5.75 Å². The highest BCUT2D eigenvalue weighted by atomic mass is 32.2. The average molecular weight is 434 g/mol. The van der Waals surface area contributed by atoms with Gasteiger partial charge >= 0.3 is 0 Å². The van der Waals surface area contributed by atoms with Crippen LogP contribution in [0.4, 0.5) is 0 Å². The molecule has 0 amide bonds. The minimum atomic E-state index is -3.40. The molecule has 0 bridgehead atoms. The Morgan fingerprint density at radius 1 is 1.23 bits per heavy atom. The van der Waals surface area contributed by atoms with Crippen molar-refractivity contribution in [1.29, 1.82) is 0 Å². The van der Waals surface area contributed by atoms with E-state index < -0.39 is 9.84 Å². The molecule has 0 N–H and O–H groups in total. The fraction of sp³-hybridized carbons (Fsp3) is 0.591. The highest BCUT2D eigenvalue weighted by Gasteiger charge is 2.33. The van der Waals surface area contributed by atoms with E-state index in [-0.39, 0.29) is 17.0 Å².